The molecule has 1 fully saturated rings. The van der Waals surface area contributed by atoms with Gasteiger partial charge in [0.1, 0.15) is 5.01 Å². The first-order valence-electron chi connectivity index (χ1n) is 6.64. The van der Waals surface area contributed by atoms with Crippen LogP contribution in [0.15, 0.2) is 0 Å². The third-order valence-corrected chi connectivity index (χ3v) is 4.32. The van der Waals surface area contributed by atoms with Gasteiger partial charge in [0.15, 0.2) is 5.82 Å². The van der Waals surface area contributed by atoms with E-state index in [1.54, 1.807) is 4.52 Å². The Bertz CT molecular complexity index is 617. The van der Waals surface area contributed by atoms with Gasteiger partial charge in [0.25, 0.3) is 0 Å². The fraction of sp³-hybridized carbons (Fsp3) is 0.667. The van der Waals surface area contributed by atoms with Crippen LogP contribution in [0.25, 0.3) is 4.96 Å². The Balaban J connectivity index is 1.78. The molecule has 20 heavy (non-hydrogen) atoms. The molecule has 0 aromatic carbocycles. The average molecular weight is 296 g/mol. The lowest BCUT2D eigenvalue weighted by Crippen LogP contribution is -2.08. The SMILES string of the molecule is CC(CC(=O)O)Cc1nn2c(C3CCOC3)nnc2s1. The molecule has 108 valence electrons. The zero-order chi connectivity index (χ0) is 14.1. The van der Waals surface area contributed by atoms with E-state index in [9.17, 15) is 4.79 Å². The van der Waals surface area contributed by atoms with E-state index in [0.717, 1.165) is 28.8 Å². The highest BCUT2D eigenvalue weighted by atomic mass is 32.1. The Morgan fingerprint density at radius 3 is 3.15 bits per heavy atom. The van der Waals surface area contributed by atoms with E-state index in [4.69, 9.17) is 9.84 Å². The molecule has 2 unspecified atom stereocenters. The van der Waals surface area contributed by atoms with Crippen molar-refractivity contribution >= 4 is 22.3 Å². The quantitative estimate of drug-likeness (QED) is 0.895. The molecule has 1 aliphatic heterocycles. The third kappa shape index (κ3) is 2.66. The number of carboxylic acid groups (broad SMARTS) is 1. The van der Waals surface area contributed by atoms with Crippen molar-refractivity contribution in [2.24, 2.45) is 5.92 Å². The van der Waals surface area contributed by atoms with Crippen molar-refractivity contribution in [1.29, 1.82) is 0 Å². The van der Waals surface area contributed by atoms with E-state index in [1.165, 1.54) is 11.3 Å². The number of carboxylic acids is 1. The number of carbonyl (C=O) groups is 1. The zero-order valence-electron chi connectivity index (χ0n) is 11.2. The van der Waals surface area contributed by atoms with E-state index in [2.05, 4.69) is 15.3 Å². The zero-order valence-corrected chi connectivity index (χ0v) is 12.0. The summed E-state index contributed by atoms with van der Waals surface area (Å²) < 4.78 is 7.16. The molecule has 0 bridgehead atoms. The van der Waals surface area contributed by atoms with E-state index in [0.29, 0.717) is 13.0 Å². The predicted molar refractivity (Wildman–Crippen MR) is 72.0 cm³/mol. The summed E-state index contributed by atoms with van der Waals surface area (Å²) in [5, 5.41) is 22.6. The number of rotatable bonds is 5. The fourth-order valence-corrected chi connectivity index (χ4v) is 3.42. The van der Waals surface area contributed by atoms with Gasteiger partial charge in [-0.25, -0.2) is 0 Å². The van der Waals surface area contributed by atoms with Crippen molar-refractivity contribution in [1.82, 2.24) is 19.8 Å². The molecule has 1 N–H and O–H groups in total. The molecule has 0 spiro atoms. The average Bonchev–Trinajstić information content (AvgIpc) is 3.01. The first kappa shape index (κ1) is 13.4. The van der Waals surface area contributed by atoms with Gasteiger partial charge in [-0.1, -0.05) is 18.3 Å². The van der Waals surface area contributed by atoms with Crippen molar-refractivity contribution in [2.45, 2.75) is 32.1 Å². The van der Waals surface area contributed by atoms with Crippen molar-refractivity contribution in [3.05, 3.63) is 10.8 Å². The van der Waals surface area contributed by atoms with Crippen molar-refractivity contribution < 1.29 is 14.6 Å². The monoisotopic (exact) mass is 296 g/mol. The molecule has 1 saturated heterocycles. The molecule has 0 amide bonds. The van der Waals surface area contributed by atoms with Gasteiger partial charge in [-0.15, -0.1) is 10.2 Å². The second-order valence-corrected chi connectivity index (χ2v) is 6.26. The molecule has 0 aliphatic carbocycles. The molecule has 2 atom stereocenters. The molecule has 0 saturated carbocycles. The highest BCUT2D eigenvalue weighted by molar-refractivity contribution is 7.16. The Labute approximate surface area is 119 Å². The lowest BCUT2D eigenvalue weighted by Gasteiger charge is -2.05. The maximum Gasteiger partial charge on any atom is 0.303 e. The van der Waals surface area contributed by atoms with Crippen LogP contribution in [0.5, 0.6) is 0 Å². The van der Waals surface area contributed by atoms with Crippen LogP contribution in [-0.2, 0) is 16.0 Å². The summed E-state index contributed by atoms with van der Waals surface area (Å²) in [5.74, 6) is 0.404. The minimum Gasteiger partial charge on any atom is -0.481 e. The van der Waals surface area contributed by atoms with Crippen LogP contribution in [0.4, 0.5) is 0 Å². The van der Waals surface area contributed by atoms with E-state index < -0.39 is 5.97 Å². The van der Waals surface area contributed by atoms with E-state index in [-0.39, 0.29) is 18.3 Å². The van der Waals surface area contributed by atoms with E-state index in [1.807, 2.05) is 6.92 Å². The van der Waals surface area contributed by atoms with E-state index >= 15 is 0 Å². The third-order valence-electron chi connectivity index (χ3n) is 3.40. The second kappa shape index (κ2) is 5.45. The van der Waals surface area contributed by atoms with Crippen molar-refractivity contribution in [3.63, 3.8) is 0 Å². The maximum absolute atomic E-state index is 10.7. The molecule has 3 heterocycles. The second-order valence-electron chi connectivity index (χ2n) is 5.22. The van der Waals surface area contributed by atoms with Crippen LogP contribution in [0.3, 0.4) is 0 Å². The van der Waals surface area contributed by atoms with Gasteiger partial charge in [0.05, 0.1) is 6.61 Å². The van der Waals surface area contributed by atoms with Crippen LogP contribution in [-0.4, -0.2) is 44.1 Å². The highest BCUT2D eigenvalue weighted by Gasteiger charge is 2.25. The Morgan fingerprint density at radius 2 is 2.45 bits per heavy atom. The molecular formula is C12H16N4O3S. The van der Waals surface area contributed by atoms with Gasteiger partial charge in [0, 0.05) is 25.4 Å². The molecule has 2 aromatic heterocycles. The number of fused-ring (bicyclic) bond motifs is 1. The number of hydrogen-bond acceptors (Lipinski definition) is 6. The lowest BCUT2D eigenvalue weighted by molar-refractivity contribution is -0.137. The maximum atomic E-state index is 10.7. The first-order valence-corrected chi connectivity index (χ1v) is 7.45. The minimum atomic E-state index is -0.774. The summed E-state index contributed by atoms with van der Waals surface area (Å²) in [7, 11) is 0. The van der Waals surface area contributed by atoms with Gasteiger partial charge in [-0.05, 0) is 12.3 Å². The number of ether oxygens (including phenoxy) is 1. The van der Waals surface area contributed by atoms with Crippen molar-refractivity contribution in [2.75, 3.05) is 13.2 Å². The lowest BCUT2D eigenvalue weighted by atomic mass is 10.1. The van der Waals surface area contributed by atoms with Crippen LogP contribution in [0.2, 0.25) is 0 Å². The standard InChI is InChI=1S/C12H16N4O3S/c1-7(5-10(17)18)4-9-15-16-11(8-2-3-19-6-8)13-14-12(16)20-9/h7-8H,2-6H2,1H3,(H,17,18). The molecule has 8 heteroatoms. The summed E-state index contributed by atoms with van der Waals surface area (Å²) in [4.78, 5) is 11.5. The first-order chi connectivity index (χ1) is 9.63. The highest BCUT2D eigenvalue weighted by Crippen LogP contribution is 2.26. The van der Waals surface area contributed by atoms with Crippen LogP contribution in [0.1, 0.15) is 36.5 Å². The minimum absolute atomic E-state index is 0.0644. The summed E-state index contributed by atoms with van der Waals surface area (Å²) in [6.07, 6.45) is 1.76. The van der Waals surface area contributed by atoms with Gasteiger partial charge in [-0.3, -0.25) is 4.79 Å². The largest absolute Gasteiger partial charge is 0.481 e. The van der Waals surface area contributed by atoms with Crippen LogP contribution in [0, 0.1) is 5.92 Å². The van der Waals surface area contributed by atoms with Crippen LogP contribution >= 0.6 is 11.3 Å². The topological polar surface area (TPSA) is 89.6 Å². The molecular weight excluding hydrogens is 280 g/mol. The number of hydrogen-bond donors (Lipinski definition) is 1. The predicted octanol–water partition coefficient (Wildman–Crippen LogP) is 1.34. The Morgan fingerprint density at radius 1 is 1.60 bits per heavy atom. The molecule has 1 aliphatic rings. The molecule has 7 nitrogen and oxygen atoms in total. The molecule has 2 aromatic rings. The number of aliphatic carboxylic acids is 1. The van der Waals surface area contributed by atoms with Crippen molar-refractivity contribution in [3.8, 4) is 0 Å². The summed E-state index contributed by atoms with van der Waals surface area (Å²) >= 11 is 1.48. The van der Waals surface area contributed by atoms with Gasteiger partial charge in [-0.2, -0.15) is 9.61 Å². The van der Waals surface area contributed by atoms with Gasteiger partial charge < -0.3 is 9.84 Å². The number of aromatic nitrogens is 4. The number of nitrogens with zero attached hydrogens (tertiary/aromatic N) is 4. The molecule has 0 radical (unpaired) electrons. The summed E-state index contributed by atoms with van der Waals surface area (Å²) in [5.41, 5.74) is 0. The van der Waals surface area contributed by atoms with Crippen LogP contribution < -0.4 is 0 Å². The summed E-state index contributed by atoms with van der Waals surface area (Å²) in [6, 6.07) is 0. The molecule has 3 rings (SSSR count). The Hall–Kier alpha value is -1.54. The van der Waals surface area contributed by atoms with Gasteiger partial charge >= 0.3 is 5.97 Å². The van der Waals surface area contributed by atoms with Gasteiger partial charge in [0.2, 0.25) is 4.96 Å². The Kier molecular flexibility index (Phi) is 3.66. The smallest absolute Gasteiger partial charge is 0.303 e. The fourth-order valence-electron chi connectivity index (χ4n) is 2.42. The summed E-state index contributed by atoms with van der Waals surface area (Å²) in [6.45, 7) is 3.34. The normalized spacial score (nSPS) is 20.6.